The van der Waals surface area contributed by atoms with Gasteiger partial charge in [0.05, 0.1) is 17.1 Å². The van der Waals surface area contributed by atoms with Crippen LogP contribution in [0.1, 0.15) is 15.4 Å². The van der Waals surface area contributed by atoms with Gasteiger partial charge in [0.25, 0.3) is 0 Å². The molecule has 2 aromatic rings. The van der Waals surface area contributed by atoms with Crippen molar-refractivity contribution in [1.29, 1.82) is 0 Å². The molecule has 0 bridgehead atoms. The van der Waals surface area contributed by atoms with Crippen molar-refractivity contribution in [3.05, 3.63) is 33.8 Å². The molecule has 0 atom stereocenters. The van der Waals surface area contributed by atoms with E-state index in [4.69, 9.17) is 5.84 Å². The van der Waals surface area contributed by atoms with Gasteiger partial charge in [-0.15, -0.1) is 11.3 Å². The van der Waals surface area contributed by atoms with E-state index in [2.05, 4.69) is 20.7 Å². The number of hydrogen-bond acceptors (Lipinski definition) is 6. The van der Waals surface area contributed by atoms with E-state index in [9.17, 15) is 13.2 Å². The first-order valence-corrected chi connectivity index (χ1v) is 6.41. The van der Waals surface area contributed by atoms with Crippen LogP contribution in [0.3, 0.4) is 0 Å². The van der Waals surface area contributed by atoms with Crippen molar-refractivity contribution in [2.24, 2.45) is 5.84 Å². The molecule has 20 heavy (non-hydrogen) atoms. The molecule has 0 fully saturated rings. The normalized spacial score (nSPS) is 11.4. The molecule has 0 aliphatic carbocycles. The summed E-state index contributed by atoms with van der Waals surface area (Å²) in [7, 11) is 0. The van der Waals surface area contributed by atoms with E-state index < -0.39 is 11.7 Å². The largest absolute Gasteiger partial charge is 0.416 e. The first-order valence-electron chi connectivity index (χ1n) is 5.59. The monoisotopic (exact) mass is 303 g/mol. The number of aromatic nitrogens is 2. The van der Waals surface area contributed by atoms with E-state index in [-0.39, 0.29) is 11.6 Å². The number of nitrogens with two attached hydrogens (primary N) is 1. The Labute approximate surface area is 117 Å². The maximum absolute atomic E-state index is 12.7. The summed E-state index contributed by atoms with van der Waals surface area (Å²) in [6.45, 7) is 2.21. The Morgan fingerprint density at radius 3 is 2.55 bits per heavy atom. The molecule has 0 radical (unpaired) electrons. The molecule has 9 heteroatoms. The van der Waals surface area contributed by atoms with Crippen LogP contribution in [0.4, 0.5) is 24.8 Å². The van der Waals surface area contributed by atoms with Crippen molar-refractivity contribution in [2.45, 2.75) is 19.6 Å². The number of alkyl halides is 3. The number of rotatable bonds is 4. The quantitative estimate of drug-likeness (QED) is 0.598. The van der Waals surface area contributed by atoms with Crippen molar-refractivity contribution >= 4 is 23.0 Å². The van der Waals surface area contributed by atoms with E-state index in [1.54, 1.807) is 6.20 Å². The summed E-state index contributed by atoms with van der Waals surface area (Å²) in [6.07, 6.45) is -2.78. The van der Waals surface area contributed by atoms with Gasteiger partial charge < -0.3 is 10.7 Å². The molecule has 0 aliphatic heterocycles. The van der Waals surface area contributed by atoms with Crippen LogP contribution in [-0.2, 0) is 12.7 Å². The van der Waals surface area contributed by atoms with E-state index >= 15 is 0 Å². The summed E-state index contributed by atoms with van der Waals surface area (Å²) in [5.74, 6) is 5.17. The SMILES string of the molecule is Cc1ncc(CNc2cc(C(F)(F)F)cc(NN)n2)s1. The summed E-state index contributed by atoms with van der Waals surface area (Å²) in [5.41, 5.74) is 1.31. The van der Waals surface area contributed by atoms with Crippen molar-refractivity contribution < 1.29 is 13.2 Å². The first-order chi connectivity index (χ1) is 9.38. The molecular weight excluding hydrogens is 291 g/mol. The number of anilines is 2. The standard InChI is InChI=1S/C11H12F3N5S/c1-6-16-4-8(20-6)5-17-9-2-7(11(12,13)14)3-10(18-9)19-15/h2-4H,5,15H2,1H3,(H2,17,18,19). The van der Waals surface area contributed by atoms with Gasteiger partial charge in [0.1, 0.15) is 11.6 Å². The highest BCUT2D eigenvalue weighted by Gasteiger charge is 2.31. The highest BCUT2D eigenvalue weighted by Crippen LogP contribution is 2.32. The number of nitrogens with zero attached hydrogens (tertiary/aromatic N) is 2. The minimum absolute atomic E-state index is 0.0530. The molecular formula is C11H12F3N5S. The summed E-state index contributed by atoms with van der Waals surface area (Å²) in [6, 6.07) is 1.79. The number of aryl methyl sites for hydroxylation is 1. The summed E-state index contributed by atoms with van der Waals surface area (Å²) in [4.78, 5) is 8.90. The van der Waals surface area contributed by atoms with Gasteiger partial charge >= 0.3 is 6.18 Å². The third-order valence-electron chi connectivity index (χ3n) is 2.41. The van der Waals surface area contributed by atoms with Crippen LogP contribution in [-0.4, -0.2) is 9.97 Å². The maximum Gasteiger partial charge on any atom is 0.416 e. The lowest BCUT2D eigenvalue weighted by Gasteiger charge is -2.11. The molecule has 0 saturated heterocycles. The van der Waals surface area contributed by atoms with E-state index in [0.29, 0.717) is 6.54 Å². The van der Waals surface area contributed by atoms with Crippen molar-refractivity contribution in [2.75, 3.05) is 10.7 Å². The minimum Gasteiger partial charge on any atom is -0.365 e. The Morgan fingerprint density at radius 1 is 1.30 bits per heavy atom. The fourth-order valence-electron chi connectivity index (χ4n) is 1.52. The topological polar surface area (TPSA) is 75.9 Å². The van der Waals surface area contributed by atoms with Gasteiger partial charge in [-0.3, -0.25) is 0 Å². The number of thiazole rings is 1. The van der Waals surface area contributed by atoms with Gasteiger partial charge in [-0.25, -0.2) is 15.8 Å². The van der Waals surface area contributed by atoms with Crippen LogP contribution in [0.15, 0.2) is 18.3 Å². The van der Waals surface area contributed by atoms with Gasteiger partial charge in [0, 0.05) is 11.1 Å². The lowest BCUT2D eigenvalue weighted by molar-refractivity contribution is -0.137. The lowest BCUT2D eigenvalue weighted by atomic mass is 10.2. The highest BCUT2D eigenvalue weighted by atomic mass is 32.1. The number of hydrogen-bond donors (Lipinski definition) is 3. The van der Waals surface area contributed by atoms with Crippen LogP contribution >= 0.6 is 11.3 Å². The fraction of sp³-hybridized carbons (Fsp3) is 0.273. The summed E-state index contributed by atoms with van der Waals surface area (Å²) in [5, 5.41) is 3.72. The predicted octanol–water partition coefficient (Wildman–Crippen LogP) is 2.76. The summed E-state index contributed by atoms with van der Waals surface area (Å²) < 4.78 is 38.2. The lowest BCUT2D eigenvalue weighted by Crippen LogP contribution is -2.13. The molecule has 2 aromatic heterocycles. The van der Waals surface area contributed by atoms with Crippen LogP contribution in [0.25, 0.3) is 0 Å². The van der Waals surface area contributed by atoms with Crippen LogP contribution in [0.5, 0.6) is 0 Å². The average Bonchev–Trinajstić information content (AvgIpc) is 2.81. The van der Waals surface area contributed by atoms with E-state index in [1.807, 2.05) is 6.92 Å². The van der Waals surface area contributed by atoms with Gasteiger partial charge in [0.2, 0.25) is 0 Å². The van der Waals surface area contributed by atoms with Crippen molar-refractivity contribution in [3.8, 4) is 0 Å². The van der Waals surface area contributed by atoms with Crippen molar-refractivity contribution in [1.82, 2.24) is 9.97 Å². The third kappa shape index (κ3) is 3.58. The molecule has 0 amide bonds. The van der Waals surface area contributed by atoms with Crippen LogP contribution < -0.4 is 16.6 Å². The van der Waals surface area contributed by atoms with Crippen LogP contribution in [0.2, 0.25) is 0 Å². The second-order valence-corrected chi connectivity index (χ2v) is 5.29. The second kappa shape index (κ2) is 5.63. The smallest absolute Gasteiger partial charge is 0.365 e. The fourth-order valence-corrected chi connectivity index (χ4v) is 2.26. The zero-order chi connectivity index (χ0) is 14.8. The number of nitrogen functional groups attached to an aromatic ring is 1. The summed E-state index contributed by atoms with van der Waals surface area (Å²) >= 11 is 1.46. The number of halogens is 3. The second-order valence-electron chi connectivity index (χ2n) is 3.97. The average molecular weight is 303 g/mol. The number of hydrazine groups is 1. The molecule has 0 aliphatic rings. The molecule has 5 nitrogen and oxygen atoms in total. The highest BCUT2D eigenvalue weighted by molar-refractivity contribution is 7.11. The first kappa shape index (κ1) is 14.5. The molecule has 4 N–H and O–H groups in total. The van der Waals surface area contributed by atoms with E-state index in [1.165, 1.54) is 11.3 Å². The van der Waals surface area contributed by atoms with Crippen molar-refractivity contribution in [3.63, 3.8) is 0 Å². The Hall–Kier alpha value is -1.87. The van der Waals surface area contributed by atoms with Gasteiger partial charge in [0.15, 0.2) is 0 Å². The number of nitrogens with one attached hydrogen (secondary N) is 2. The van der Waals surface area contributed by atoms with Gasteiger partial charge in [-0.2, -0.15) is 13.2 Å². The zero-order valence-corrected chi connectivity index (χ0v) is 11.3. The molecule has 0 saturated carbocycles. The maximum atomic E-state index is 12.7. The van der Waals surface area contributed by atoms with Gasteiger partial charge in [-0.05, 0) is 19.1 Å². The Balaban J connectivity index is 2.18. The Morgan fingerprint density at radius 2 is 2.00 bits per heavy atom. The molecule has 0 aromatic carbocycles. The Bertz CT molecular complexity index is 596. The van der Waals surface area contributed by atoms with Gasteiger partial charge in [-0.1, -0.05) is 0 Å². The molecule has 0 unspecified atom stereocenters. The predicted molar refractivity (Wildman–Crippen MR) is 71.2 cm³/mol. The molecule has 0 spiro atoms. The minimum atomic E-state index is -4.45. The third-order valence-corrected chi connectivity index (χ3v) is 3.33. The van der Waals surface area contributed by atoms with E-state index in [0.717, 1.165) is 22.0 Å². The Kier molecular flexibility index (Phi) is 4.09. The van der Waals surface area contributed by atoms with Crippen LogP contribution in [0, 0.1) is 6.92 Å². The number of pyridine rings is 1. The zero-order valence-electron chi connectivity index (χ0n) is 10.5. The molecule has 2 heterocycles. The molecule has 108 valence electrons. The molecule has 2 rings (SSSR count).